The third-order valence-corrected chi connectivity index (χ3v) is 4.01. The van der Waals surface area contributed by atoms with Gasteiger partial charge in [-0.15, -0.1) is 0 Å². The topological polar surface area (TPSA) is 3.24 Å². The van der Waals surface area contributed by atoms with Crippen LogP contribution in [0.3, 0.4) is 0 Å². The van der Waals surface area contributed by atoms with E-state index in [9.17, 15) is 0 Å². The highest BCUT2D eigenvalue weighted by atomic mass is 15.1. The second kappa shape index (κ2) is 6.44. The highest BCUT2D eigenvalue weighted by Crippen LogP contribution is 2.34. The predicted octanol–water partition coefficient (Wildman–Crippen LogP) is 4.35. The molecule has 0 bridgehead atoms. The molecule has 0 saturated carbocycles. The number of hydrogen-bond acceptors (Lipinski definition) is 1. The Morgan fingerprint density at radius 3 is 2.00 bits per heavy atom. The summed E-state index contributed by atoms with van der Waals surface area (Å²) in [6.45, 7) is 18.4. The van der Waals surface area contributed by atoms with Crippen molar-refractivity contribution in [2.24, 2.45) is 11.3 Å². The summed E-state index contributed by atoms with van der Waals surface area (Å²) >= 11 is 0. The lowest BCUT2D eigenvalue weighted by molar-refractivity contribution is 0.322. The summed E-state index contributed by atoms with van der Waals surface area (Å²) in [5.74, 6) is 0.658. The molecule has 0 aliphatic heterocycles. The highest BCUT2D eigenvalue weighted by Gasteiger charge is 2.24. The number of hydrogen-bond donors (Lipinski definition) is 0. The molecule has 0 saturated heterocycles. The molecule has 0 unspecified atom stereocenters. The fourth-order valence-corrected chi connectivity index (χ4v) is 1.82. The molecule has 1 heteroatoms. The van der Waals surface area contributed by atoms with Crippen molar-refractivity contribution in [2.45, 2.75) is 54.9 Å². The van der Waals surface area contributed by atoms with Crippen molar-refractivity contribution < 1.29 is 0 Å². The van der Waals surface area contributed by atoms with Crippen molar-refractivity contribution in [3.63, 3.8) is 0 Å². The van der Waals surface area contributed by atoms with E-state index >= 15 is 0 Å². The monoisotopic (exact) mass is 225 g/mol. The van der Waals surface area contributed by atoms with Crippen LogP contribution in [0.25, 0.3) is 0 Å². The van der Waals surface area contributed by atoms with E-state index in [1.54, 1.807) is 11.1 Å². The summed E-state index contributed by atoms with van der Waals surface area (Å²) in [5.41, 5.74) is 3.54. The summed E-state index contributed by atoms with van der Waals surface area (Å²) in [4.78, 5) is 2.40. The first-order chi connectivity index (χ1) is 7.26. The van der Waals surface area contributed by atoms with Crippen LogP contribution in [0.1, 0.15) is 54.9 Å². The van der Waals surface area contributed by atoms with Crippen LogP contribution in [0.4, 0.5) is 0 Å². The Morgan fingerprint density at radius 1 is 1.19 bits per heavy atom. The van der Waals surface area contributed by atoms with Gasteiger partial charge in [0.05, 0.1) is 0 Å². The largest absolute Gasteiger partial charge is 0.303 e. The van der Waals surface area contributed by atoms with E-state index in [-0.39, 0.29) is 0 Å². The fraction of sp³-hybridized carbons (Fsp3) is 0.867. The minimum absolute atomic E-state index is 0.331. The zero-order valence-electron chi connectivity index (χ0n) is 12.6. The standard InChI is InChI=1S/C15H31N/c1-9-15(6,7)14(11-16(8)10-2)13(5)12(3)4/h12H,9-11H2,1-8H3/b14-13+. The Morgan fingerprint density at radius 2 is 1.69 bits per heavy atom. The average molecular weight is 225 g/mol. The number of nitrogens with zero attached hydrogens (tertiary/aromatic N) is 1. The molecule has 0 heterocycles. The molecule has 0 rings (SSSR count). The van der Waals surface area contributed by atoms with Crippen molar-refractivity contribution in [1.82, 2.24) is 4.90 Å². The molecule has 0 aromatic carbocycles. The summed E-state index contributed by atoms with van der Waals surface area (Å²) in [6.07, 6.45) is 1.21. The van der Waals surface area contributed by atoms with E-state index < -0.39 is 0 Å². The van der Waals surface area contributed by atoms with Gasteiger partial charge in [-0.2, -0.15) is 0 Å². The van der Waals surface area contributed by atoms with Crippen molar-refractivity contribution in [1.29, 1.82) is 0 Å². The first kappa shape index (κ1) is 15.7. The van der Waals surface area contributed by atoms with Crippen LogP contribution in [-0.2, 0) is 0 Å². The molecule has 96 valence electrons. The molecule has 1 nitrogen and oxygen atoms in total. The summed E-state index contributed by atoms with van der Waals surface area (Å²) < 4.78 is 0. The molecule has 0 fully saturated rings. The van der Waals surface area contributed by atoms with Gasteiger partial charge < -0.3 is 4.90 Å². The molecule has 0 atom stereocenters. The average Bonchev–Trinajstić information content (AvgIpc) is 2.24. The smallest absolute Gasteiger partial charge is 0.0197 e. The van der Waals surface area contributed by atoms with Crippen LogP contribution in [0, 0.1) is 11.3 Å². The van der Waals surface area contributed by atoms with E-state index in [4.69, 9.17) is 0 Å². The van der Waals surface area contributed by atoms with Crippen molar-refractivity contribution in [2.75, 3.05) is 20.1 Å². The Kier molecular flexibility index (Phi) is 6.32. The molecule has 0 aliphatic carbocycles. The summed E-state index contributed by atoms with van der Waals surface area (Å²) in [7, 11) is 2.21. The van der Waals surface area contributed by atoms with Gasteiger partial charge in [0.2, 0.25) is 0 Å². The summed E-state index contributed by atoms with van der Waals surface area (Å²) in [6, 6.07) is 0. The molecule has 0 amide bonds. The third kappa shape index (κ3) is 4.29. The van der Waals surface area contributed by atoms with Crippen LogP contribution >= 0.6 is 0 Å². The second-order valence-corrected chi connectivity index (χ2v) is 5.88. The van der Waals surface area contributed by atoms with Crippen molar-refractivity contribution >= 4 is 0 Å². The van der Waals surface area contributed by atoms with Crippen LogP contribution in [0.15, 0.2) is 11.1 Å². The minimum atomic E-state index is 0.331. The lowest BCUT2D eigenvalue weighted by Crippen LogP contribution is -2.29. The van der Waals surface area contributed by atoms with E-state index in [0.717, 1.165) is 13.1 Å². The van der Waals surface area contributed by atoms with Gasteiger partial charge in [-0.25, -0.2) is 0 Å². The van der Waals surface area contributed by atoms with Crippen LogP contribution < -0.4 is 0 Å². The van der Waals surface area contributed by atoms with Gasteiger partial charge in [0.25, 0.3) is 0 Å². The van der Waals surface area contributed by atoms with Gasteiger partial charge in [0, 0.05) is 6.54 Å². The van der Waals surface area contributed by atoms with E-state index in [0.29, 0.717) is 11.3 Å². The highest BCUT2D eigenvalue weighted by molar-refractivity contribution is 5.22. The van der Waals surface area contributed by atoms with Crippen molar-refractivity contribution in [3.05, 3.63) is 11.1 Å². The van der Waals surface area contributed by atoms with Crippen molar-refractivity contribution in [3.8, 4) is 0 Å². The molecule has 0 N–H and O–H groups in total. The van der Waals surface area contributed by atoms with Gasteiger partial charge in [0.15, 0.2) is 0 Å². The first-order valence-electron chi connectivity index (χ1n) is 6.64. The Hall–Kier alpha value is -0.300. The van der Waals surface area contributed by atoms with Gasteiger partial charge >= 0.3 is 0 Å². The van der Waals surface area contributed by atoms with Gasteiger partial charge in [-0.1, -0.05) is 52.7 Å². The summed E-state index contributed by atoms with van der Waals surface area (Å²) in [5, 5.41) is 0. The Labute approximate surface area is 103 Å². The molecular weight excluding hydrogens is 194 g/mol. The number of likely N-dealkylation sites (N-methyl/N-ethyl adjacent to an activating group) is 1. The quantitative estimate of drug-likeness (QED) is 0.608. The zero-order chi connectivity index (χ0) is 12.9. The molecule has 0 radical (unpaired) electrons. The predicted molar refractivity (Wildman–Crippen MR) is 74.8 cm³/mol. The van der Waals surface area contributed by atoms with Gasteiger partial charge in [0.1, 0.15) is 0 Å². The second-order valence-electron chi connectivity index (χ2n) is 5.88. The normalized spacial score (nSPS) is 14.6. The van der Waals surface area contributed by atoms with Crippen LogP contribution in [0.2, 0.25) is 0 Å². The molecular formula is C15H31N. The molecule has 16 heavy (non-hydrogen) atoms. The lowest BCUT2D eigenvalue weighted by atomic mass is 9.77. The lowest BCUT2D eigenvalue weighted by Gasteiger charge is -2.33. The van der Waals surface area contributed by atoms with E-state index in [2.05, 4.69) is 60.4 Å². The molecule has 0 spiro atoms. The Balaban J connectivity index is 5.14. The van der Waals surface area contributed by atoms with Gasteiger partial charge in [-0.3, -0.25) is 0 Å². The zero-order valence-corrected chi connectivity index (χ0v) is 12.6. The molecule has 0 aromatic rings. The molecule has 0 aliphatic rings. The minimum Gasteiger partial charge on any atom is -0.303 e. The fourth-order valence-electron chi connectivity index (χ4n) is 1.82. The Bertz CT molecular complexity index is 236. The number of rotatable bonds is 6. The maximum atomic E-state index is 2.40. The van der Waals surface area contributed by atoms with Crippen LogP contribution in [-0.4, -0.2) is 25.0 Å². The SMILES string of the molecule is CCN(C)C/C(=C(/C)C(C)C)C(C)(C)CC. The maximum absolute atomic E-state index is 2.40. The molecule has 0 aromatic heterocycles. The first-order valence-corrected chi connectivity index (χ1v) is 6.64. The van der Waals surface area contributed by atoms with Crippen LogP contribution in [0.5, 0.6) is 0 Å². The maximum Gasteiger partial charge on any atom is 0.0197 e. The van der Waals surface area contributed by atoms with Gasteiger partial charge in [-0.05, 0) is 38.3 Å². The number of allylic oxidation sites excluding steroid dienone is 1. The van der Waals surface area contributed by atoms with E-state index in [1.165, 1.54) is 6.42 Å². The van der Waals surface area contributed by atoms with E-state index in [1.807, 2.05) is 0 Å². The third-order valence-electron chi connectivity index (χ3n) is 4.01.